The molecule has 1 heterocycles. The molecule has 0 radical (unpaired) electrons. The van der Waals surface area contributed by atoms with E-state index in [1.165, 1.54) is 59.6 Å². The molecule has 0 aliphatic heterocycles. The summed E-state index contributed by atoms with van der Waals surface area (Å²) in [5.41, 5.74) is 3.56. The molecular formula is C29H42ClN3O2S. The van der Waals surface area contributed by atoms with Gasteiger partial charge in [-0.1, -0.05) is 119 Å². The number of aryl methyl sites for hydroxylation is 1. The summed E-state index contributed by atoms with van der Waals surface area (Å²) in [6, 6.07) is 19.9. The molecule has 0 atom stereocenters. The first kappa shape index (κ1) is 30.1. The van der Waals surface area contributed by atoms with Crippen LogP contribution in [0.1, 0.15) is 71.1 Å². The highest BCUT2D eigenvalue weighted by Gasteiger charge is 2.34. The van der Waals surface area contributed by atoms with E-state index in [9.17, 15) is 8.42 Å². The third-order valence-corrected chi connectivity index (χ3v) is 8.23. The Morgan fingerprint density at radius 2 is 1.19 bits per heavy atom. The molecule has 0 saturated carbocycles. The van der Waals surface area contributed by atoms with Crippen molar-refractivity contribution in [3.63, 3.8) is 0 Å². The third kappa shape index (κ3) is 7.92. The smallest absolute Gasteiger partial charge is 0.379 e. The van der Waals surface area contributed by atoms with Crippen molar-refractivity contribution in [1.82, 2.24) is 8.28 Å². The molecule has 0 amide bonds. The van der Waals surface area contributed by atoms with Gasteiger partial charge in [0.25, 0.3) is 6.33 Å². The maximum absolute atomic E-state index is 13.3. The van der Waals surface area contributed by atoms with Crippen molar-refractivity contribution in [2.45, 2.75) is 77.7 Å². The molecule has 3 rings (SSSR count). The Hall–Kier alpha value is -2.15. The van der Waals surface area contributed by atoms with E-state index in [-0.39, 0.29) is 12.4 Å². The summed E-state index contributed by atoms with van der Waals surface area (Å²) in [5.74, 6) is 0. The van der Waals surface area contributed by atoms with Crippen molar-refractivity contribution in [3.8, 4) is 22.5 Å². The van der Waals surface area contributed by atoms with Crippen molar-refractivity contribution in [1.29, 1.82) is 0 Å². The zero-order chi connectivity index (χ0) is 25.1. The molecule has 198 valence electrons. The summed E-state index contributed by atoms with van der Waals surface area (Å²) in [4.78, 5) is 0. The fraction of sp³-hybridized carbons (Fsp3) is 0.483. The van der Waals surface area contributed by atoms with E-state index >= 15 is 0 Å². The second-order valence-electron chi connectivity index (χ2n) is 9.51. The van der Waals surface area contributed by atoms with Crippen LogP contribution in [0.15, 0.2) is 67.0 Å². The number of nitrogens with zero attached hydrogens (tertiary/aromatic N) is 3. The molecule has 0 unspecified atom stereocenters. The molecule has 0 spiro atoms. The van der Waals surface area contributed by atoms with E-state index in [1.807, 2.05) is 48.5 Å². The fourth-order valence-corrected chi connectivity index (χ4v) is 5.54. The highest BCUT2D eigenvalue weighted by molar-refractivity contribution is 7.87. The first-order chi connectivity index (χ1) is 17.0. The van der Waals surface area contributed by atoms with Gasteiger partial charge < -0.3 is 12.4 Å². The molecular weight excluding hydrogens is 490 g/mol. The molecule has 5 nitrogen and oxygen atoms in total. The zero-order valence-corrected chi connectivity index (χ0v) is 23.6. The SMILES string of the molecule is CCCCCCCCCCCC[n+]1cn(S(=O)(=O)N(C)C)c(-c2ccccc2)c1-c1ccccc1.[Cl-]. The van der Waals surface area contributed by atoms with Gasteiger partial charge in [-0.15, -0.1) is 3.97 Å². The van der Waals surface area contributed by atoms with Gasteiger partial charge in [0.2, 0.25) is 0 Å². The molecule has 1 aromatic heterocycles. The average Bonchev–Trinajstić information content (AvgIpc) is 3.26. The lowest BCUT2D eigenvalue weighted by atomic mass is 10.0. The summed E-state index contributed by atoms with van der Waals surface area (Å²) in [5, 5.41) is 0. The van der Waals surface area contributed by atoms with Crippen LogP contribution in [0.3, 0.4) is 0 Å². The van der Waals surface area contributed by atoms with Gasteiger partial charge in [0.1, 0.15) is 0 Å². The number of hydrogen-bond donors (Lipinski definition) is 0. The van der Waals surface area contributed by atoms with E-state index in [0.717, 1.165) is 36.2 Å². The normalized spacial score (nSPS) is 11.6. The van der Waals surface area contributed by atoms with Gasteiger partial charge in [-0.3, -0.25) is 0 Å². The Bertz CT molecular complexity index is 1130. The molecule has 36 heavy (non-hydrogen) atoms. The highest BCUT2D eigenvalue weighted by Crippen LogP contribution is 2.31. The molecule has 0 saturated heterocycles. The molecule has 7 heteroatoms. The van der Waals surface area contributed by atoms with E-state index in [0.29, 0.717) is 5.69 Å². The van der Waals surface area contributed by atoms with E-state index in [4.69, 9.17) is 0 Å². The number of imidazole rings is 1. The topological polar surface area (TPSA) is 46.2 Å². The average molecular weight is 532 g/mol. The number of halogens is 1. The van der Waals surface area contributed by atoms with Crippen molar-refractivity contribution in [2.75, 3.05) is 14.1 Å². The number of unbranched alkanes of at least 4 members (excludes halogenated alkanes) is 9. The van der Waals surface area contributed by atoms with Crippen LogP contribution >= 0.6 is 0 Å². The van der Waals surface area contributed by atoms with Crippen LogP contribution in [0.2, 0.25) is 0 Å². The Morgan fingerprint density at radius 1 is 0.722 bits per heavy atom. The lowest BCUT2D eigenvalue weighted by Gasteiger charge is -2.10. The highest BCUT2D eigenvalue weighted by atomic mass is 35.5. The molecule has 2 aromatic carbocycles. The van der Waals surface area contributed by atoms with Crippen molar-refractivity contribution in [2.24, 2.45) is 0 Å². The summed E-state index contributed by atoms with van der Waals surface area (Å²) in [7, 11) is -0.524. The van der Waals surface area contributed by atoms with Crippen LogP contribution in [0.5, 0.6) is 0 Å². The number of benzene rings is 2. The van der Waals surface area contributed by atoms with Crippen molar-refractivity contribution >= 4 is 10.2 Å². The van der Waals surface area contributed by atoms with Crippen LogP contribution in [0.4, 0.5) is 0 Å². The van der Waals surface area contributed by atoms with Gasteiger partial charge in [0.15, 0.2) is 11.4 Å². The van der Waals surface area contributed by atoms with Crippen LogP contribution in [0.25, 0.3) is 22.5 Å². The maximum Gasteiger partial charge on any atom is 0.379 e. The minimum atomic E-state index is -3.69. The first-order valence-electron chi connectivity index (χ1n) is 13.2. The lowest BCUT2D eigenvalue weighted by molar-refractivity contribution is -0.685. The van der Waals surface area contributed by atoms with Gasteiger partial charge in [-0.2, -0.15) is 12.7 Å². The summed E-state index contributed by atoms with van der Waals surface area (Å²) in [6.07, 6.45) is 14.5. The molecule has 0 aliphatic carbocycles. The number of aromatic nitrogens is 2. The number of hydrogen-bond acceptors (Lipinski definition) is 2. The molecule has 0 fully saturated rings. The maximum atomic E-state index is 13.3. The Morgan fingerprint density at radius 3 is 1.69 bits per heavy atom. The molecule has 3 aromatic rings. The van der Waals surface area contributed by atoms with E-state index in [1.54, 1.807) is 20.4 Å². The Balaban J connectivity index is 0.00000456. The largest absolute Gasteiger partial charge is 1.00 e. The molecule has 0 aliphatic rings. The molecule has 0 N–H and O–H groups in total. The van der Waals surface area contributed by atoms with Gasteiger partial charge in [0, 0.05) is 25.2 Å². The van der Waals surface area contributed by atoms with Crippen LogP contribution in [0, 0.1) is 0 Å². The Kier molecular flexibility index (Phi) is 12.7. The van der Waals surface area contributed by atoms with E-state index in [2.05, 4.69) is 23.6 Å². The monoisotopic (exact) mass is 531 g/mol. The predicted octanol–water partition coefficient (Wildman–Crippen LogP) is 3.69. The van der Waals surface area contributed by atoms with Gasteiger partial charge >= 0.3 is 10.2 Å². The summed E-state index contributed by atoms with van der Waals surface area (Å²) >= 11 is 0. The quantitative estimate of drug-likeness (QED) is 0.222. The van der Waals surface area contributed by atoms with Crippen molar-refractivity contribution < 1.29 is 25.4 Å². The summed E-state index contributed by atoms with van der Waals surface area (Å²) in [6.45, 7) is 3.05. The van der Waals surface area contributed by atoms with Crippen LogP contribution in [-0.2, 0) is 16.8 Å². The van der Waals surface area contributed by atoms with Gasteiger partial charge in [-0.05, 0) is 12.8 Å². The first-order valence-corrected chi connectivity index (χ1v) is 14.5. The van der Waals surface area contributed by atoms with E-state index < -0.39 is 10.2 Å². The molecule has 0 bridgehead atoms. The van der Waals surface area contributed by atoms with Gasteiger partial charge in [0.05, 0.1) is 6.54 Å². The second-order valence-corrected chi connectivity index (χ2v) is 11.5. The predicted molar refractivity (Wildman–Crippen MR) is 145 cm³/mol. The summed E-state index contributed by atoms with van der Waals surface area (Å²) < 4.78 is 31.5. The lowest BCUT2D eigenvalue weighted by Crippen LogP contribution is -3.00. The van der Waals surface area contributed by atoms with Gasteiger partial charge in [-0.25, -0.2) is 4.57 Å². The number of rotatable bonds is 15. The standard InChI is InChI=1S/C29H42N3O2S.ClH/c1-4-5-6-7-8-9-10-11-12-19-24-31-25-32(35(33,34)30(2)3)29(27-22-17-14-18-23-27)28(31)26-20-15-13-16-21-26;/h13-18,20-23,25H,4-12,19,24H2,1-3H3;1H/q+1;/p-1. The van der Waals surface area contributed by atoms with Crippen molar-refractivity contribution in [3.05, 3.63) is 67.0 Å². The minimum absolute atomic E-state index is 0. The fourth-order valence-electron chi connectivity index (χ4n) is 4.53. The zero-order valence-electron chi connectivity index (χ0n) is 22.1. The second kappa shape index (κ2) is 15.2. The van der Waals surface area contributed by atoms with Crippen LogP contribution in [-0.4, -0.2) is 30.8 Å². The minimum Gasteiger partial charge on any atom is -1.00 e. The van der Waals surface area contributed by atoms with Crippen LogP contribution < -0.4 is 17.0 Å². The third-order valence-electron chi connectivity index (χ3n) is 6.53. The Labute approximate surface area is 224 Å².